The Balaban J connectivity index is 1.45. The highest BCUT2D eigenvalue weighted by atomic mass is 32.1. The molecule has 5 aromatic rings. The highest BCUT2D eigenvalue weighted by molar-refractivity contribution is 7.08. The van der Waals surface area contributed by atoms with Crippen molar-refractivity contribution in [1.82, 2.24) is 0 Å². The number of benzene rings is 1. The number of rotatable bonds is 4. The van der Waals surface area contributed by atoms with Crippen LogP contribution in [0.5, 0.6) is 0 Å². The number of hydrogen-bond acceptors (Lipinski definition) is 2. The third-order valence-electron chi connectivity index (χ3n) is 7.28. The van der Waals surface area contributed by atoms with Crippen molar-refractivity contribution in [3.8, 4) is 22.5 Å². The molecule has 0 radical (unpaired) electrons. The molecule has 1 aromatic carbocycles. The van der Waals surface area contributed by atoms with Crippen molar-refractivity contribution in [2.75, 3.05) is 0 Å². The number of pyridine rings is 2. The number of fused-ring (bicyclic) bond motifs is 7. The van der Waals surface area contributed by atoms with Gasteiger partial charge in [-0.15, -0.1) is 0 Å². The van der Waals surface area contributed by atoms with Gasteiger partial charge in [0.05, 0.1) is 11.1 Å². The van der Waals surface area contributed by atoms with Crippen LogP contribution in [0.25, 0.3) is 46.8 Å². The number of aromatic nitrogens is 2. The van der Waals surface area contributed by atoms with Gasteiger partial charge in [-0.25, -0.2) is 0 Å². The zero-order valence-corrected chi connectivity index (χ0v) is 21.6. The Morgan fingerprint density at radius 2 is 1.33 bits per heavy atom. The summed E-state index contributed by atoms with van der Waals surface area (Å²) >= 11 is 3.48. The molecule has 6 heterocycles. The molecule has 2 aliphatic rings. The molecule has 0 bridgehead atoms. The van der Waals surface area contributed by atoms with Crippen LogP contribution in [0.1, 0.15) is 33.5 Å². The first-order valence-corrected chi connectivity index (χ1v) is 14.3. The van der Waals surface area contributed by atoms with E-state index in [-0.39, 0.29) is 0 Å². The first-order valence-electron chi connectivity index (χ1n) is 12.5. The summed E-state index contributed by atoms with van der Waals surface area (Å²) < 4.78 is 4.94. The molecular formula is C32H26N2S2+2. The average Bonchev–Trinajstić information content (AvgIpc) is 3.64. The monoisotopic (exact) mass is 502 g/mol. The quantitative estimate of drug-likeness (QED) is 0.230. The molecular weight excluding hydrogens is 477 g/mol. The first-order chi connectivity index (χ1) is 17.8. The number of aryl methyl sites for hydroxylation is 3. The second-order valence-electron chi connectivity index (χ2n) is 9.44. The zero-order chi connectivity index (χ0) is 23.9. The lowest BCUT2D eigenvalue weighted by atomic mass is 9.84. The van der Waals surface area contributed by atoms with Gasteiger partial charge in [-0.3, -0.25) is 0 Å². The Bertz CT molecular complexity index is 1620. The van der Waals surface area contributed by atoms with E-state index in [4.69, 9.17) is 0 Å². The normalized spacial score (nSPS) is 14.0. The predicted molar refractivity (Wildman–Crippen MR) is 152 cm³/mol. The fraction of sp³-hybridized carbons (Fsp3) is 0.125. The lowest BCUT2D eigenvalue weighted by Gasteiger charge is -2.23. The summed E-state index contributed by atoms with van der Waals surface area (Å²) in [7, 11) is 0. The van der Waals surface area contributed by atoms with Crippen molar-refractivity contribution in [3.63, 3.8) is 0 Å². The largest absolute Gasteiger partial charge is 0.214 e. The molecule has 2 nitrogen and oxygen atoms in total. The van der Waals surface area contributed by atoms with Gasteiger partial charge in [0.25, 0.3) is 0 Å². The maximum Gasteiger partial charge on any atom is 0.214 e. The Kier molecular flexibility index (Phi) is 5.49. The zero-order valence-electron chi connectivity index (χ0n) is 19.9. The molecule has 0 saturated heterocycles. The lowest BCUT2D eigenvalue weighted by Crippen LogP contribution is -2.44. The molecule has 0 fully saturated rings. The average molecular weight is 503 g/mol. The smallest absolute Gasteiger partial charge is 0.198 e. The van der Waals surface area contributed by atoms with Gasteiger partial charge in [-0.05, 0) is 73.6 Å². The number of thiophene rings is 2. The Hall–Kier alpha value is -3.60. The van der Waals surface area contributed by atoms with Crippen LogP contribution in [0, 0.1) is 0 Å². The molecule has 0 amide bonds. The van der Waals surface area contributed by atoms with Gasteiger partial charge >= 0.3 is 0 Å². The minimum absolute atomic E-state index is 0.994. The molecule has 2 aliphatic heterocycles. The first kappa shape index (κ1) is 21.7. The van der Waals surface area contributed by atoms with E-state index in [2.05, 4.69) is 116 Å². The SMILES string of the molecule is C(=Cc1cc(C=Cc2ccsc2)[n+]2c(c1)-c1c(ccc3c1-c1cccc[n+]1CC3)CC2)c1ccsc1. The number of hydrogen-bond donors (Lipinski definition) is 0. The summed E-state index contributed by atoms with van der Waals surface area (Å²) in [6.45, 7) is 2.04. The van der Waals surface area contributed by atoms with E-state index >= 15 is 0 Å². The molecule has 4 heteroatoms. The standard InChI is InChI=1S/C32H26N2S2/c1-2-14-33-15-10-26-7-8-27-11-16-34-28(9-6-24-13-18-36-22-24)19-25(5-4-23-12-17-35-21-23)20-30(34)32(27)31(26)29(33)3-1/h1-9,12-14,17-22H,10-11,15-16H2/q+2. The van der Waals surface area contributed by atoms with Crippen molar-refractivity contribution < 1.29 is 9.13 Å². The molecule has 174 valence electrons. The minimum atomic E-state index is 0.994. The van der Waals surface area contributed by atoms with Gasteiger partial charge in [-0.2, -0.15) is 31.8 Å². The number of nitrogens with zero attached hydrogens (tertiary/aromatic N) is 2. The molecule has 0 aliphatic carbocycles. The van der Waals surface area contributed by atoms with Crippen LogP contribution in [0.15, 0.2) is 82.3 Å². The van der Waals surface area contributed by atoms with Crippen LogP contribution in [-0.2, 0) is 25.9 Å². The van der Waals surface area contributed by atoms with Crippen molar-refractivity contribution in [1.29, 1.82) is 0 Å². The molecule has 0 spiro atoms. The maximum atomic E-state index is 2.52. The predicted octanol–water partition coefficient (Wildman–Crippen LogP) is 7.17. The van der Waals surface area contributed by atoms with Gasteiger partial charge in [0, 0.05) is 43.2 Å². The molecule has 36 heavy (non-hydrogen) atoms. The Morgan fingerprint density at radius 3 is 2.08 bits per heavy atom. The maximum absolute atomic E-state index is 2.52. The topological polar surface area (TPSA) is 7.76 Å². The van der Waals surface area contributed by atoms with Gasteiger partial charge in [0.1, 0.15) is 0 Å². The van der Waals surface area contributed by atoms with Crippen LogP contribution < -0.4 is 9.13 Å². The van der Waals surface area contributed by atoms with Crippen molar-refractivity contribution in [2.24, 2.45) is 0 Å². The summed E-state index contributed by atoms with van der Waals surface area (Å²) in [5.41, 5.74) is 13.4. The van der Waals surface area contributed by atoms with Gasteiger partial charge in [0.2, 0.25) is 17.1 Å². The molecule has 0 unspecified atom stereocenters. The van der Waals surface area contributed by atoms with Crippen LogP contribution in [0.3, 0.4) is 0 Å². The molecule has 4 aromatic heterocycles. The minimum Gasteiger partial charge on any atom is -0.198 e. The second-order valence-corrected chi connectivity index (χ2v) is 11.0. The fourth-order valence-electron chi connectivity index (χ4n) is 5.53. The highest BCUT2D eigenvalue weighted by Crippen LogP contribution is 2.39. The van der Waals surface area contributed by atoms with Crippen molar-refractivity contribution >= 4 is 47.0 Å². The Labute approximate surface area is 219 Å². The molecule has 7 rings (SSSR count). The van der Waals surface area contributed by atoms with E-state index in [0.717, 1.165) is 25.9 Å². The van der Waals surface area contributed by atoms with Crippen molar-refractivity contribution in [2.45, 2.75) is 25.9 Å². The van der Waals surface area contributed by atoms with Gasteiger partial charge < -0.3 is 0 Å². The third-order valence-corrected chi connectivity index (χ3v) is 8.68. The van der Waals surface area contributed by atoms with E-state index < -0.39 is 0 Å². The second kappa shape index (κ2) is 9.12. The van der Waals surface area contributed by atoms with Crippen LogP contribution in [0.2, 0.25) is 0 Å². The highest BCUT2D eigenvalue weighted by Gasteiger charge is 2.34. The van der Waals surface area contributed by atoms with Crippen LogP contribution in [0.4, 0.5) is 0 Å². The Morgan fingerprint density at radius 1 is 0.639 bits per heavy atom. The van der Waals surface area contributed by atoms with Crippen LogP contribution >= 0.6 is 22.7 Å². The summed E-state index contributed by atoms with van der Waals surface area (Å²) in [4.78, 5) is 0. The van der Waals surface area contributed by atoms with E-state index in [0.29, 0.717) is 0 Å². The summed E-state index contributed by atoms with van der Waals surface area (Å²) in [6, 6.07) is 20.4. The van der Waals surface area contributed by atoms with Gasteiger partial charge in [0.15, 0.2) is 19.3 Å². The summed E-state index contributed by atoms with van der Waals surface area (Å²) in [5, 5.41) is 8.67. The summed E-state index contributed by atoms with van der Waals surface area (Å²) in [6.07, 6.45) is 13.4. The van der Waals surface area contributed by atoms with E-state index in [1.165, 1.54) is 56.0 Å². The fourth-order valence-corrected chi connectivity index (χ4v) is 6.79. The molecule has 0 N–H and O–H groups in total. The molecule has 0 atom stereocenters. The van der Waals surface area contributed by atoms with Gasteiger partial charge in [-0.1, -0.05) is 24.3 Å². The van der Waals surface area contributed by atoms with E-state index in [1.807, 2.05) is 0 Å². The van der Waals surface area contributed by atoms with E-state index in [1.54, 1.807) is 22.7 Å². The van der Waals surface area contributed by atoms with E-state index in [9.17, 15) is 0 Å². The lowest BCUT2D eigenvalue weighted by molar-refractivity contribution is -0.690. The van der Waals surface area contributed by atoms with Crippen LogP contribution in [-0.4, -0.2) is 0 Å². The third kappa shape index (κ3) is 3.87. The summed E-state index contributed by atoms with van der Waals surface area (Å²) in [5.74, 6) is 0. The molecule has 0 saturated carbocycles. The van der Waals surface area contributed by atoms with Crippen molar-refractivity contribution in [3.05, 3.63) is 116 Å².